The molecule has 0 aliphatic carbocycles. The van der Waals surface area contributed by atoms with Gasteiger partial charge in [0, 0.05) is 5.39 Å². The van der Waals surface area contributed by atoms with Crippen LogP contribution in [0, 0.1) is 0 Å². The second-order valence-electron chi connectivity index (χ2n) is 5.14. The molecule has 0 saturated carbocycles. The summed E-state index contributed by atoms with van der Waals surface area (Å²) >= 11 is 0. The summed E-state index contributed by atoms with van der Waals surface area (Å²) in [7, 11) is -2.83. The molecule has 9 heteroatoms. The molecule has 0 fully saturated rings. The molecule has 3 rings (SSSR count). The van der Waals surface area contributed by atoms with Gasteiger partial charge in [-0.25, -0.2) is 0 Å². The van der Waals surface area contributed by atoms with Gasteiger partial charge in [-0.3, -0.25) is 4.55 Å². The molecule has 3 aromatic rings. The first kappa shape index (κ1) is 20.3. The number of rotatable bonds is 4. The Kier molecular flexibility index (Phi) is 6.38. The molecule has 7 nitrogen and oxygen atoms in total. The number of methoxy groups -OCH3 is 1. The van der Waals surface area contributed by atoms with Crippen LogP contribution in [0.15, 0.2) is 69.7 Å². The molecule has 1 N–H and O–H groups in total. The number of fused-ring (bicyclic) bond motifs is 1. The van der Waals surface area contributed by atoms with Crippen molar-refractivity contribution in [3.8, 4) is 11.5 Å². The Hall–Kier alpha value is -1.97. The van der Waals surface area contributed by atoms with E-state index in [-0.39, 0.29) is 45.9 Å². The molecule has 0 atom stereocenters. The summed E-state index contributed by atoms with van der Waals surface area (Å²) in [6.07, 6.45) is 0. The zero-order chi connectivity index (χ0) is 18.0. The third-order valence-electron chi connectivity index (χ3n) is 3.57. The molecule has 0 amide bonds. The molecule has 0 saturated heterocycles. The van der Waals surface area contributed by atoms with Gasteiger partial charge in [-0.2, -0.15) is 13.5 Å². The fourth-order valence-electron chi connectivity index (χ4n) is 2.35. The van der Waals surface area contributed by atoms with Gasteiger partial charge in [0.05, 0.1) is 17.7 Å². The van der Waals surface area contributed by atoms with Crippen molar-refractivity contribution in [1.29, 1.82) is 0 Å². The van der Waals surface area contributed by atoms with E-state index in [1.54, 1.807) is 24.3 Å². The standard InChI is InChI=1S/C17H14N2O5S.Na/c1-24-16-5-3-2-4-14(16)18-19-17-13-8-7-12(25(21,22)23)10-11(13)6-9-15(17)20;/h2-10,20H,1H3,(H,21,22,23);/q;+1/p-1. The topological polar surface area (TPSA) is 111 Å². The van der Waals surface area contributed by atoms with E-state index < -0.39 is 10.1 Å². The summed E-state index contributed by atoms with van der Waals surface area (Å²) in [4.78, 5) is -0.258. The smallest absolute Gasteiger partial charge is 0.871 e. The van der Waals surface area contributed by atoms with Gasteiger partial charge in [-0.1, -0.05) is 36.1 Å². The van der Waals surface area contributed by atoms with Gasteiger partial charge in [0.1, 0.15) is 11.4 Å². The molecule has 0 bridgehead atoms. The summed E-state index contributed by atoms with van der Waals surface area (Å²) in [5, 5.41) is 21.1. The van der Waals surface area contributed by atoms with Gasteiger partial charge in [0.15, 0.2) is 0 Å². The van der Waals surface area contributed by atoms with Crippen LogP contribution >= 0.6 is 0 Å². The average Bonchev–Trinajstić information content (AvgIpc) is 2.60. The Labute approximate surface area is 172 Å². The molecule has 0 radical (unpaired) electrons. The van der Waals surface area contributed by atoms with E-state index in [1.807, 2.05) is 0 Å². The first-order valence-corrected chi connectivity index (χ1v) is 8.60. The normalized spacial score (nSPS) is 11.5. The van der Waals surface area contributed by atoms with Crippen LogP contribution < -0.4 is 39.4 Å². The molecule has 0 aromatic heterocycles. The van der Waals surface area contributed by atoms with Crippen LogP contribution in [-0.4, -0.2) is 20.1 Å². The molecule has 0 spiro atoms. The second kappa shape index (κ2) is 8.15. The van der Waals surface area contributed by atoms with E-state index in [0.717, 1.165) is 0 Å². The van der Waals surface area contributed by atoms with Crippen molar-refractivity contribution in [2.45, 2.75) is 4.90 Å². The minimum absolute atomic E-state index is 0. The summed E-state index contributed by atoms with van der Waals surface area (Å²) in [5.74, 6) is 0.151. The van der Waals surface area contributed by atoms with Crippen LogP contribution in [0.25, 0.3) is 10.8 Å². The van der Waals surface area contributed by atoms with Crippen LogP contribution in [0.4, 0.5) is 11.4 Å². The fraction of sp³-hybridized carbons (Fsp3) is 0.0588. The number of azo groups is 1. The first-order valence-electron chi connectivity index (χ1n) is 7.16. The fourth-order valence-corrected chi connectivity index (χ4v) is 2.87. The maximum Gasteiger partial charge on any atom is 1.00 e. The van der Waals surface area contributed by atoms with Crippen molar-refractivity contribution in [2.24, 2.45) is 10.2 Å². The second-order valence-corrected chi connectivity index (χ2v) is 6.56. The maximum absolute atomic E-state index is 12.1. The van der Waals surface area contributed by atoms with Crippen molar-refractivity contribution in [2.75, 3.05) is 7.11 Å². The zero-order valence-electron chi connectivity index (χ0n) is 14.1. The maximum atomic E-state index is 12.1. The van der Waals surface area contributed by atoms with Gasteiger partial charge in [0.2, 0.25) is 0 Å². The molecule has 3 aromatic carbocycles. The third kappa shape index (κ3) is 4.22. The van der Waals surface area contributed by atoms with Gasteiger partial charge in [0.25, 0.3) is 10.1 Å². The van der Waals surface area contributed by atoms with Crippen molar-refractivity contribution in [1.82, 2.24) is 0 Å². The van der Waals surface area contributed by atoms with E-state index in [9.17, 15) is 13.5 Å². The molecule has 0 heterocycles. The number of benzene rings is 3. The quantitative estimate of drug-likeness (QED) is 0.404. The van der Waals surface area contributed by atoms with Gasteiger partial charge in [-0.15, -0.1) is 5.11 Å². The Balaban J connectivity index is 0.00000243. The Morgan fingerprint density at radius 2 is 1.77 bits per heavy atom. The van der Waals surface area contributed by atoms with Crippen LogP contribution in [-0.2, 0) is 10.1 Å². The van der Waals surface area contributed by atoms with E-state index >= 15 is 0 Å². The molecule has 26 heavy (non-hydrogen) atoms. The minimum Gasteiger partial charge on any atom is -0.871 e. The first-order chi connectivity index (χ1) is 11.9. The van der Waals surface area contributed by atoms with E-state index in [4.69, 9.17) is 9.29 Å². The van der Waals surface area contributed by atoms with E-state index in [0.29, 0.717) is 22.2 Å². The molecule has 0 unspecified atom stereocenters. The number of hydrogen-bond acceptors (Lipinski definition) is 6. The zero-order valence-corrected chi connectivity index (χ0v) is 16.9. The summed E-state index contributed by atoms with van der Waals surface area (Å²) in [6.45, 7) is 0. The average molecular weight is 380 g/mol. The molecule has 0 aliphatic rings. The summed E-state index contributed by atoms with van der Waals surface area (Å²) in [6, 6.07) is 13.6. The summed E-state index contributed by atoms with van der Waals surface area (Å²) < 4.78 is 36.8. The van der Waals surface area contributed by atoms with Gasteiger partial charge in [-0.05, 0) is 29.7 Å². The van der Waals surface area contributed by atoms with Crippen molar-refractivity contribution in [3.63, 3.8) is 0 Å². The van der Waals surface area contributed by atoms with E-state index in [1.165, 1.54) is 37.4 Å². The predicted octanol–water partition coefficient (Wildman–Crippen LogP) is 0.588. The van der Waals surface area contributed by atoms with Crippen molar-refractivity contribution in [3.05, 3.63) is 54.6 Å². The molecule has 128 valence electrons. The number of nitrogens with zero attached hydrogens (tertiary/aromatic N) is 2. The minimum atomic E-state index is -4.33. The van der Waals surface area contributed by atoms with Gasteiger partial charge < -0.3 is 9.84 Å². The van der Waals surface area contributed by atoms with Crippen molar-refractivity contribution >= 4 is 32.3 Å². The monoisotopic (exact) mass is 380 g/mol. The number of ether oxygens (including phenoxy) is 1. The SMILES string of the molecule is COc1ccccc1N=Nc1c([O-])ccc2cc(S(=O)(=O)O)ccc12.[Na+]. The number of para-hydroxylation sites is 1. The molecule has 0 aliphatic heterocycles. The summed E-state index contributed by atoms with van der Waals surface area (Å²) in [5.41, 5.74) is 0.529. The Morgan fingerprint density at radius 1 is 1.04 bits per heavy atom. The van der Waals surface area contributed by atoms with Crippen LogP contribution in [0.2, 0.25) is 0 Å². The van der Waals surface area contributed by atoms with Crippen molar-refractivity contribution < 1.29 is 52.4 Å². The Morgan fingerprint density at radius 3 is 2.46 bits per heavy atom. The Bertz CT molecular complexity index is 1080. The third-order valence-corrected chi connectivity index (χ3v) is 4.42. The van der Waals surface area contributed by atoms with Crippen LogP contribution in [0.3, 0.4) is 0 Å². The number of hydrogen-bond donors (Lipinski definition) is 1. The van der Waals surface area contributed by atoms with Crippen LogP contribution in [0.1, 0.15) is 0 Å². The molecular weight excluding hydrogens is 367 g/mol. The van der Waals surface area contributed by atoms with Crippen LogP contribution in [0.5, 0.6) is 11.5 Å². The predicted molar refractivity (Wildman–Crippen MR) is 90.4 cm³/mol. The molecular formula is C17H13N2NaO5S. The van der Waals surface area contributed by atoms with E-state index in [2.05, 4.69) is 10.2 Å². The van der Waals surface area contributed by atoms with Gasteiger partial charge >= 0.3 is 29.6 Å². The largest absolute Gasteiger partial charge is 1.00 e.